The number of hydrogen-bond acceptors (Lipinski definition) is 2. The highest BCUT2D eigenvalue weighted by molar-refractivity contribution is 5.70. The summed E-state index contributed by atoms with van der Waals surface area (Å²) in [7, 11) is 0. The van der Waals surface area contributed by atoms with Crippen LogP contribution in [0.25, 0.3) is 0 Å². The summed E-state index contributed by atoms with van der Waals surface area (Å²) >= 11 is 0. The maximum absolute atomic E-state index is 13.8. The molecule has 0 unspecified atom stereocenters. The monoisotopic (exact) mass is 256 g/mol. The van der Waals surface area contributed by atoms with Gasteiger partial charge in [0.1, 0.15) is 5.82 Å². The number of nitrogens with one attached hydrogen (secondary N) is 1. The molecule has 1 aliphatic rings. The minimum absolute atomic E-state index is 0.128. The van der Waals surface area contributed by atoms with Crippen molar-refractivity contribution in [3.63, 3.8) is 0 Å². The summed E-state index contributed by atoms with van der Waals surface area (Å²) in [4.78, 5) is 2.24. The van der Waals surface area contributed by atoms with Crippen molar-refractivity contribution in [1.29, 1.82) is 0 Å². The third-order valence-corrected chi connectivity index (χ3v) is 3.48. The molecule has 0 saturated carbocycles. The van der Waals surface area contributed by atoms with E-state index in [1.54, 1.807) is 6.07 Å². The molecule has 0 fully saturated rings. The van der Waals surface area contributed by atoms with Gasteiger partial charge in [-0.05, 0) is 24.6 Å². The van der Waals surface area contributed by atoms with E-state index in [0.29, 0.717) is 6.54 Å². The number of fused-ring (bicyclic) bond motifs is 1. The summed E-state index contributed by atoms with van der Waals surface area (Å²) < 4.78 is 13.8. The number of anilines is 2. The van der Waals surface area contributed by atoms with Crippen LogP contribution < -0.4 is 10.2 Å². The molecule has 0 atom stereocenters. The lowest BCUT2D eigenvalue weighted by atomic mass is 10.1. The zero-order valence-electron chi connectivity index (χ0n) is 10.8. The molecule has 2 aromatic rings. The Bertz CT molecular complexity index is 568. The van der Waals surface area contributed by atoms with Crippen LogP contribution in [-0.4, -0.2) is 13.1 Å². The minimum Gasteiger partial charge on any atom is -0.383 e. The van der Waals surface area contributed by atoms with Crippen LogP contribution in [-0.2, 0) is 6.54 Å². The van der Waals surface area contributed by atoms with E-state index in [1.165, 1.54) is 6.07 Å². The molecule has 2 nitrogen and oxygen atoms in total. The zero-order valence-corrected chi connectivity index (χ0v) is 10.8. The quantitative estimate of drug-likeness (QED) is 0.882. The number of rotatable bonds is 2. The first-order chi connectivity index (χ1) is 9.34. The van der Waals surface area contributed by atoms with Crippen LogP contribution in [0.15, 0.2) is 48.5 Å². The first-order valence-electron chi connectivity index (χ1n) is 6.66. The normalized spacial score (nSPS) is 14.5. The molecule has 0 radical (unpaired) electrons. The van der Waals surface area contributed by atoms with Gasteiger partial charge in [-0.2, -0.15) is 0 Å². The second-order valence-corrected chi connectivity index (χ2v) is 4.81. The van der Waals surface area contributed by atoms with Crippen LogP contribution in [0.4, 0.5) is 15.8 Å². The Kier molecular flexibility index (Phi) is 3.36. The van der Waals surface area contributed by atoms with Crippen molar-refractivity contribution >= 4 is 11.4 Å². The van der Waals surface area contributed by atoms with E-state index >= 15 is 0 Å². The number of benzene rings is 2. The molecule has 98 valence electrons. The average molecular weight is 256 g/mol. The van der Waals surface area contributed by atoms with E-state index in [9.17, 15) is 4.39 Å². The number of halogens is 1. The van der Waals surface area contributed by atoms with Crippen molar-refractivity contribution < 1.29 is 4.39 Å². The molecule has 1 N–H and O–H groups in total. The van der Waals surface area contributed by atoms with Crippen LogP contribution in [0.2, 0.25) is 0 Å². The first kappa shape index (κ1) is 12.0. The fraction of sp³-hybridized carbons (Fsp3) is 0.250. The van der Waals surface area contributed by atoms with Gasteiger partial charge >= 0.3 is 0 Å². The van der Waals surface area contributed by atoms with E-state index in [4.69, 9.17) is 0 Å². The second kappa shape index (κ2) is 5.31. The molecule has 1 heterocycles. The maximum Gasteiger partial charge on any atom is 0.128 e. The third-order valence-electron chi connectivity index (χ3n) is 3.48. The fourth-order valence-corrected chi connectivity index (χ4v) is 2.51. The van der Waals surface area contributed by atoms with Gasteiger partial charge in [-0.25, -0.2) is 4.39 Å². The lowest BCUT2D eigenvalue weighted by Crippen LogP contribution is -2.23. The van der Waals surface area contributed by atoms with Gasteiger partial charge in [-0.3, -0.25) is 0 Å². The van der Waals surface area contributed by atoms with Gasteiger partial charge in [-0.15, -0.1) is 0 Å². The Labute approximate surface area is 112 Å². The minimum atomic E-state index is -0.128. The predicted octanol–water partition coefficient (Wildman–Crippen LogP) is 3.65. The molecule has 0 saturated heterocycles. The van der Waals surface area contributed by atoms with Crippen LogP contribution in [0.3, 0.4) is 0 Å². The summed E-state index contributed by atoms with van der Waals surface area (Å²) in [6, 6.07) is 15.2. The van der Waals surface area contributed by atoms with E-state index in [1.807, 2.05) is 24.3 Å². The average Bonchev–Trinajstić information content (AvgIpc) is 2.64. The SMILES string of the molecule is Fc1ccccc1CN1CCCNc2ccccc21. The number of para-hydroxylation sites is 2. The van der Waals surface area contributed by atoms with Crippen LogP contribution in [0.5, 0.6) is 0 Å². The van der Waals surface area contributed by atoms with Crippen molar-refractivity contribution in [3.8, 4) is 0 Å². The van der Waals surface area contributed by atoms with E-state index in [-0.39, 0.29) is 5.82 Å². The largest absolute Gasteiger partial charge is 0.383 e. The molecule has 0 amide bonds. The molecule has 3 heteroatoms. The summed E-state index contributed by atoms with van der Waals surface area (Å²) in [5.74, 6) is -0.128. The van der Waals surface area contributed by atoms with Gasteiger partial charge in [0, 0.05) is 25.2 Å². The lowest BCUT2D eigenvalue weighted by Gasteiger charge is -2.24. The topological polar surface area (TPSA) is 15.3 Å². The van der Waals surface area contributed by atoms with Gasteiger partial charge in [0.2, 0.25) is 0 Å². The van der Waals surface area contributed by atoms with Crippen LogP contribution in [0.1, 0.15) is 12.0 Å². The summed E-state index contributed by atoms with van der Waals surface area (Å²) in [6.07, 6.45) is 1.06. The zero-order chi connectivity index (χ0) is 13.1. The first-order valence-corrected chi connectivity index (χ1v) is 6.66. The van der Waals surface area contributed by atoms with Crippen molar-refractivity contribution in [2.24, 2.45) is 0 Å². The molecule has 0 spiro atoms. The summed E-state index contributed by atoms with van der Waals surface area (Å²) in [6.45, 7) is 2.52. The Balaban J connectivity index is 1.91. The predicted molar refractivity (Wildman–Crippen MR) is 77.0 cm³/mol. The van der Waals surface area contributed by atoms with E-state index < -0.39 is 0 Å². The van der Waals surface area contributed by atoms with E-state index in [0.717, 1.165) is 36.4 Å². The number of nitrogens with zero attached hydrogens (tertiary/aromatic N) is 1. The molecular formula is C16H17FN2. The van der Waals surface area contributed by atoms with Gasteiger partial charge in [-0.1, -0.05) is 30.3 Å². The molecular weight excluding hydrogens is 239 g/mol. The Morgan fingerprint density at radius 2 is 1.84 bits per heavy atom. The van der Waals surface area contributed by atoms with Crippen molar-refractivity contribution in [3.05, 3.63) is 59.9 Å². The Hall–Kier alpha value is -2.03. The van der Waals surface area contributed by atoms with Crippen molar-refractivity contribution in [2.45, 2.75) is 13.0 Å². The molecule has 0 aromatic heterocycles. The molecule has 19 heavy (non-hydrogen) atoms. The lowest BCUT2D eigenvalue weighted by molar-refractivity contribution is 0.603. The highest BCUT2D eigenvalue weighted by Gasteiger charge is 2.15. The van der Waals surface area contributed by atoms with Gasteiger partial charge in [0.05, 0.1) is 11.4 Å². The summed E-state index contributed by atoms with van der Waals surface area (Å²) in [5, 5.41) is 3.42. The Morgan fingerprint density at radius 1 is 1.05 bits per heavy atom. The second-order valence-electron chi connectivity index (χ2n) is 4.81. The van der Waals surface area contributed by atoms with Crippen LogP contribution in [0, 0.1) is 5.82 Å². The van der Waals surface area contributed by atoms with Crippen molar-refractivity contribution in [2.75, 3.05) is 23.3 Å². The Morgan fingerprint density at radius 3 is 2.74 bits per heavy atom. The molecule has 0 aliphatic carbocycles. The molecule has 3 rings (SSSR count). The number of hydrogen-bond donors (Lipinski definition) is 1. The molecule has 2 aromatic carbocycles. The fourth-order valence-electron chi connectivity index (χ4n) is 2.51. The molecule has 1 aliphatic heterocycles. The van der Waals surface area contributed by atoms with Crippen molar-refractivity contribution in [1.82, 2.24) is 0 Å². The molecule has 0 bridgehead atoms. The standard InChI is InChI=1S/C16H17FN2/c17-14-7-2-1-6-13(14)12-19-11-5-10-18-15-8-3-4-9-16(15)19/h1-4,6-9,18H,5,10-12H2. The summed E-state index contributed by atoms with van der Waals surface area (Å²) in [5.41, 5.74) is 3.04. The highest BCUT2D eigenvalue weighted by Crippen LogP contribution is 2.29. The van der Waals surface area contributed by atoms with Gasteiger partial charge in [0.25, 0.3) is 0 Å². The maximum atomic E-state index is 13.8. The third kappa shape index (κ3) is 2.55. The smallest absolute Gasteiger partial charge is 0.128 e. The van der Waals surface area contributed by atoms with E-state index in [2.05, 4.69) is 22.3 Å². The van der Waals surface area contributed by atoms with Crippen LogP contribution >= 0.6 is 0 Å². The highest BCUT2D eigenvalue weighted by atomic mass is 19.1. The van der Waals surface area contributed by atoms with Gasteiger partial charge < -0.3 is 10.2 Å². The van der Waals surface area contributed by atoms with Gasteiger partial charge in [0.15, 0.2) is 0 Å².